The second-order valence-electron chi connectivity index (χ2n) is 3.98. The van der Waals surface area contributed by atoms with Gasteiger partial charge in [-0.3, -0.25) is 4.79 Å². The number of carbonyl (C=O) groups is 1. The molecule has 1 aromatic rings. The Bertz CT molecular complexity index is 337. The number of carboxylic acid groups (broad SMARTS) is 1. The fourth-order valence-corrected chi connectivity index (χ4v) is 2.13. The number of carboxylic acids is 1. The maximum atomic E-state index is 10.9. The van der Waals surface area contributed by atoms with E-state index in [1.165, 1.54) is 5.56 Å². The van der Waals surface area contributed by atoms with Crippen LogP contribution in [0.5, 0.6) is 0 Å². The first-order valence-electron chi connectivity index (χ1n) is 5.28. The SMILES string of the molecule is O=C(O)C1CC(c2ccccc2)CCN1. The fraction of sp³-hybridized carbons (Fsp3) is 0.417. The maximum Gasteiger partial charge on any atom is 0.320 e. The third-order valence-corrected chi connectivity index (χ3v) is 2.97. The molecule has 1 aliphatic rings. The average Bonchev–Trinajstić information content (AvgIpc) is 2.30. The standard InChI is InChI=1S/C12H15NO2/c14-12(15)11-8-10(6-7-13-11)9-4-2-1-3-5-9/h1-5,10-11,13H,6-8H2,(H,14,15). The Hall–Kier alpha value is -1.35. The Labute approximate surface area is 89.1 Å². The quantitative estimate of drug-likeness (QED) is 0.771. The lowest BCUT2D eigenvalue weighted by Crippen LogP contribution is -2.42. The van der Waals surface area contributed by atoms with Crippen LogP contribution in [-0.2, 0) is 4.79 Å². The summed E-state index contributed by atoms with van der Waals surface area (Å²) in [5, 5.41) is 12.0. The van der Waals surface area contributed by atoms with E-state index in [2.05, 4.69) is 17.4 Å². The van der Waals surface area contributed by atoms with E-state index in [0.29, 0.717) is 12.3 Å². The van der Waals surface area contributed by atoms with Gasteiger partial charge in [0.15, 0.2) is 0 Å². The lowest BCUT2D eigenvalue weighted by atomic mass is 9.86. The molecule has 2 unspecified atom stereocenters. The average molecular weight is 205 g/mol. The summed E-state index contributed by atoms with van der Waals surface area (Å²) in [6, 6.07) is 9.77. The zero-order valence-corrected chi connectivity index (χ0v) is 8.52. The highest BCUT2D eigenvalue weighted by Gasteiger charge is 2.26. The van der Waals surface area contributed by atoms with Gasteiger partial charge in [0, 0.05) is 0 Å². The van der Waals surface area contributed by atoms with Gasteiger partial charge in [-0.15, -0.1) is 0 Å². The molecule has 15 heavy (non-hydrogen) atoms. The summed E-state index contributed by atoms with van der Waals surface area (Å²) >= 11 is 0. The molecule has 0 spiro atoms. The predicted octanol–water partition coefficient (Wildman–Crippen LogP) is 1.61. The number of benzene rings is 1. The second-order valence-corrected chi connectivity index (χ2v) is 3.98. The predicted molar refractivity (Wildman–Crippen MR) is 57.8 cm³/mol. The van der Waals surface area contributed by atoms with Crippen molar-refractivity contribution < 1.29 is 9.90 Å². The molecule has 0 saturated carbocycles. The first kappa shape index (κ1) is 10.2. The van der Waals surface area contributed by atoms with Crippen molar-refractivity contribution in [3.05, 3.63) is 35.9 Å². The molecule has 1 saturated heterocycles. The summed E-state index contributed by atoms with van der Waals surface area (Å²) in [5.74, 6) is -0.357. The minimum atomic E-state index is -0.740. The van der Waals surface area contributed by atoms with Crippen LogP contribution in [0.4, 0.5) is 0 Å². The molecule has 1 aromatic carbocycles. The van der Waals surface area contributed by atoms with E-state index in [4.69, 9.17) is 5.11 Å². The van der Waals surface area contributed by atoms with E-state index in [9.17, 15) is 4.79 Å². The van der Waals surface area contributed by atoms with E-state index >= 15 is 0 Å². The monoisotopic (exact) mass is 205 g/mol. The molecule has 2 rings (SSSR count). The van der Waals surface area contributed by atoms with Gasteiger partial charge in [-0.1, -0.05) is 30.3 Å². The lowest BCUT2D eigenvalue weighted by molar-refractivity contribution is -0.140. The molecule has 0 aromatic heterocycles. The van der Waals surface area contributed by atoms with Crippen molar-refractivity contribution in [3.63, 3.8) is 0 Å². The van der Waals surface area contributed by atoms with Crippen molar-refractivity contribution in [1.82, 2.24) is 5.32 Å². The van der Waals surface area contributed by atoms with E-state index in [0.717, 1.165) is 13.0 Å². The van der Waals surface area contributed by atoms with Gasteiger partial charge < -0.3 is 10.4 Å². The normalized spacial score (nSPS) is 26.1. The molecule has 0 bridgehead atoms. The van der Waals surface area contributed by atoms with Crippen LogP contribution in [0.1, 0.15) is 24.3 Å². The molecule has 3 nitrogen and oxygen atoms in total. The minimum Gasteiger partial charge on any atom is -0.480 e. The van der Waals surface area contributed by atoms with E-state index in [-0.39, 0.29) is 6.04 Å². The molecule has 0 radical (unpaired) electrons. The molecule has 1 fully saturated rings. The van der Waals surface area contributed by atoms with Gasteiger partial charge in [-0.2, -0.15) is 0 Å². The smallest absolute Gasteiger partial charge is 0.320 e. The highest BCUT2D eigenvalue weighted by Crippen LogP contribution is 2.27. The van der Waals surface area contributed by atoms with Crippen molar-refractivity contribution in [2.75, 3.05) is 6.54 Å². The van der Waals surface area contributed by atoms with Crippen LogP contribution in [-0.4, -0.2) is 23.7 Å². The Balaban J connectivity index is 2.08. The molecule has 1 aliphatic heterocycles. The third-order valence-electron chi connectivity index (χ3n) is 2.97. The van der Waals surface area contributed by atoms with Gasteiger partial charge in [-0.05, 0) is 30.9 Å². The molecule has 3 heteroatoms. The number of aliphatic carboxylic acids is 1. The van der Waals surface area contributed by atoms with Crippen LogP contribution in [0.2, 0.25) is 0 Å². The first-order chi connectivity index (χ1) is 7.27. The number of rotatable bonds is 2. The van der Waals surface area contributed by atoms with Gasteiger partial charge >= 0.3 is 5.97 Å². The van der Waals surface area contributed by atoms with E-state index in [1.54, 1.807) is 0 Å². The van der Waals surface area contributed by atoms with E-state index in [1.807, 2.05) is 18.2 Å². The molecular weight excluding hydrogens is 190 g/mol. The van der Waals surface area contributed by atoms with Gasteiger partial charge in [0.05, 0.1) is 0 Å². The molecule has 0 amide bonds. The van der Waals surface area contributed by atoms with Gasteiger partial charge in [0.2, 0.25) is 0 Å². The van der Waals surface area contributed by atoms with Crippen LogP contribution in [0.3, 0.4) is 0 Å². The van der Waals surface area contributed by atoms with Gasteiger partial charge in [-0.25, -0.2) is 0 Å². The maximum absolute atomic E-state index is 10.9. The topological polar surface area (TPSA) is 49.3 Å². The van der Waals surface area contributed by atoms with E-state index < -0.39 is 5.97 Å². The highest BCUT2D eigenvalue weighted by molar-refractivity contribution is 5.73. The van der Waals surface area contributed by atoms with Crippen molar-refractivity contribution in [2.45, 2.75) is 24.8 Å². The summed E-state index contributed by atoms with van der Waals surface area (Å²) in [6.45, 7) is 0.788. The van der Waals surface area contributed by atoms with Crippen molar-refractivity contribution in [3.8, 4) is 0 Å². The fourth-order valence-electron chi connectivity index (χ4n) is 2.13. The minimum absolute atomic E-state index is 0.383. The molecule has 0 aliphatic carbocycles. The lowest BCUT2D eigenvalue weighted by Gasteiger charge is -2.28. The zero-order chi connectivity index (χ0) is 10.7. The Morgan fingerprint density at radius 1 is 1.33 bits per heavy atom. The summed E-state index contributed by atoms with van der Waals surface area (Å²) in [6.07, 6.45) is 1.72. The molecular formula is C12H15NO2. The molecule has 2 N–H and O–H groups in total. The van der Waals surface area contributed by atoms with Crippen LogP contribution in [0.15, 0.2) is 30.3 Å². The summed E-state index contributed by atoms with van der Waals surface area (Å²) in [5.41, 5.74) is 1.25. The Kier molecular flexibility index (Phi) is 3.02. The highest BCUT2D eigenvalue weighted by atomic mass is 16.4. The summed E-state index contributed by atoms with van der Waals surface area (Å²) in [7, 11) is 0. The van der Waals surface area contributed by atoms with Crippen molar-refractivity contribution in [1.29, 1.82) is 0 Å². The Morgan fingerprint density at radius 2 is 2.07 bits per heavy atom. The molecule has 1 heterocycles. The number of hydrogen-bond donors (Lipinski definition) is 2. The third kappa shape index (κ3) is 2.36. The number of hydrogen-bond acceptors (Lipinski definition) is 2. The molecule has 80 valence electrons. The van der Waals surface area contributed by atoms with Crippen LogP contribution in [0, 0.1) is 0 Å². The van der Waals surface area contributed by atoms with Crippen LogP contribution < -0.4 is 5.32 Å². The zero-order valence-electron chi connectivity index (χ0n) is 8.52. The van der Waals surface area contributed by atoms with Gasteiger partial charge in [0.1, 0.15) is 6.04 Å². The van der Waals surface area contributed by atoms with Crippen molar-refractivity contribution in [2.24, 2.45) is 0 Å². The number of nitrogens with one attached hydrogen (secondary N) is 1. The first-order valence-corrected chi connectivity index (χ1v) is 5.28. The number of piperidine rings is 1. The molecule has 2 atom stereocenters. The van der Waals surface area contributed by atoms with Gasteiger partial charge in [0.25, 0.3) is 0 Å². The largest absolute Gasteiger partial charge is 0.480 e. The van der Waals surface area contributed by atoms with Crippen LogP contribution in [0.25, 0.3) is 0 Å². The summed E-state index contributed by atoms with van der Waals surface area (Å²) in [4.78, 5) is 10.9. The summed E-state index contributed by atoms with van der Waals surface area (Å²) < 4.78 is 0. The van der Waals surface area contributed by atoms with Crippen molar-refractivity contribution >= 4 is 5.97 Å². The second kappa shape index (κ2) is 4.45. The van der Waals surface area contributed by atoms with Crippen LogP contribution >= 0.6 is 0 Å². The Morgan fingerprint density at radius 3 is 2.73 bits per heavy atom.